The van der Waals surface area contributed by atoms with Crippen LogP contribution < -0.4 is 11.5 Å². The Hall–Kier alpha value is -5.21. The summed E-state index contributed by atoms with van der Waals surface area (Å²) in [5.41, 5.74) is 14.0. The minimum Gasteiger partial charge on any atom is -0.483 e. The van der Waals surface area contributed by atoms with E-state index >= 15 is 0 Å². The fraction of sp³-hybridized carbons (Fsp3) is 0.629. The van der Waals surface area contributed by atoms with Crippen molar-refractivity contribution in [2.24, 2.45) is 5.92 Å². The van der Waals surface area contributed by atoms with Crippen molar-refractivity contribution in [1.29, 1.82) is 0 Å². The summed E-state index contributed by atoms with van der Waals surface area (Å²) in [4.78, 5) is 58.1. The number of carbonyl (C=O) groups excluding carboxylic acids is 2. The largest absolute Gasteiger partial charge is 0.483 e. The summed E-state index contributed by atoms with van der Waals surface area (Å²) in [6.07, 6.45) is 4.97. The molecule has 0 bridgehead atoms. The number of carboxylic acid groups (broad SMARTS) is 1. The van der Waals surface area contributed by atoms with Gasteiger partial charge in [0, 0.05) is 32.1 Å². The first-order chi connectivity index (χ1) is 27.8. The molecule has 0 spiro atoms. The lowest BCUT2D eigenvalue weighted by molar-refractivity contribution is -0.197. The highest BCUT2D eigenvalue weighted by Gasteiger charge is 2.56. The molecule has 3 aliphatic rings. The SMILES string of the molecule is CN(CCCOC=O)CC1OC(n2cnc3c(N)ncnc32)[C@@H]2OC(C)(C)O[C@H]12.C[C@H]1C(n2cnc3c(N)ncnc32)OC(CN(C)CCCOC=O)[C@H]1O.O.O=CO. The van der Waals surface area contributed by atoms with Crippen LogP contribution in [0.25, 0.3) is 22.3 Å². The third-order valence-corrected chi connectivity index (χ3v) is 9.85. The fourth-order valence-corrected chi connectivity index (χ4v) is 7.23. The highest BCUT2D eigenvalue weighted by molar-refractivity contribution is 5.81. The number of aromatic nitrogens is 8. The molecule has 0 saturated carbocycles. The summed E-state index contributed by atoms with van der Waals surface area (Å²) in [5, 5.41) is 17.5. The Balaban J connectivity index is 0.000000242. The number of fused-ring (bicyclic) bond motifs is 3. The van der Waals surface area contributed by atoms with Crippen molar-refractivity contribution in [1.82, 2.24) is 48.8 Å². The molecule has 4 aromatic heterocycles. The smallest absolute Gasteiger partial charge is 0.293 e. The van der Waals surface area contributed by atoms with Gasteiger partial charge in [-0.25, -0.2) is 29.9 Å². The van der Waals surface area contributed by atoms with Crippen LogP contribution in [0, 0.1) is 5.92 Å². The number of anilines is 2. The van der Waals surface area contributed by atoms with Gasteiger partial charge in [-0.1, -0.05) is 6.92 Å². The van der Waals surface area contributed by atoms with Gasteiger partial charge in [-0.3, -0.25) is 23.5 Å². The first-order valence-electron chi connectivity index (χ1n) is 18.6. The van der Waals surface area contributed by atoms with E-state index in [0.717, 1.165) is 25.9 Å². The Morgan fingerprint density at radius 1 is 0.780 bits per heavy atom. The van der Waals surface area contributed by atoms with E-state index < -0.39 is 18.1 Å². The van der Waals surface area contributed by atoms with Gasteiger partial charge in [-0.2, -0.15) is 0 Å². The van der Waals surface area contributed by atoms with Crippen LogP contribution in [0.15, 0.2) is 25.3 Å². The average Bonchev–Trinajstić information content (AvgIpc) is 4.00. The van der Waals surface area contributed by atoms with E-state index in [0.29, 0.717) is 73.2 Å². The van der Waals surface area contributed by atoms with E-state index in [1.165, 1.54) is 12.7 Å². The second-order valence-electron chi connectivity index (χ2n) is 14.5. The van der Waals surface area contributed by atoms with Gasteiger partial charge in [0.05, 0.1) is 38.1 Å². The molecule has 4 unspecified atom stereocenters. The summed E-state index contributed by atoms with van der Waals surface area (Å²) in [6.45, 7) is 9.85. The van der Waals surface area contributed by atoms with Gasteiger partial charge < -0.3 is 65.4 Å². The summed E-state index contributed by atoms with van der Waals surface area (Å²) in [6, 6.07) is 0. The first kappa shape index (κ1) is 46.5. The summed E-state index contributed by atoms with van der Waals surface area (Å²) < 4.78 is 37.9. The number of aliphatic hydroxyl groups is 1. The third kappa shape index (κ3) is 11.1. The van der Waals surface area contributed by atoms with E-state index in [2.05, 4.69) is 39.5 Å². The van der Waals surface area contributed by atoms with Crippen LogP contribution in [0.4, 0.5) is 11.6 Å². The predicted octanol–water partition coefficient (Wildman–Crippen LogP) is -1.01. The minimum absolute atomic E-state index is 0. The van der Waals surface area contributed by atoms with E-state index in [1.54, 1.807) is 17.2 Å². The van der Waals surface area contributed by atoms with Crippen molar-refractivity contribution in [3.05, 3.63) is 25.3 Å². The van der Waals surface area contributed by atoms with Crippen LogP contribution in [-0.2, 0) is 42.8 Å². The van der Waals surface area contributed by atoms with Crippen molar-refractivity contribution >= 4 is 53.4 Å². The summed E-state index contributed by atoms with van der Waals surface area (Å²) in [5.74, 6) is -0.216. The van der Waals surface area contributed by atoms with Crippen LogP contribution in [0.5, 0.6) is 0 Å². The van der Waals surface area contributed by atoms with Crippen LogP contribution in [0.2, 0.25) is 0 Å². The minimum atomic E-state index is -0.712. The Labute approximate surface area is 339 Å². The lowest BCUT2D eigenvalue weighted by Gasteiger charge is -2.27. The van der Waals surface area contributed by atoms with Gasteiger partial charge in [-0.15, -0.1) is 0 Å². The van der Waals surface area contributed by atoms with Crippen LogP contribution in [0.1, 0.15) is 46.1 Å². The van der Waals surface area contributed by atoms with Gasteiger partial charge in [0.1, 0.15) is 48.2 Å². The molecule has 7 rings (SSSR count). The molecule has 8 atom stereocenters. The average molecular weight is 835 g/mol. The maximum absolute atomic E-state index is 10.6. The lowest BCUT2D eigenvalue weighted by atomic mass is 10.0. The number of hydrogen-bond acceptors (Lipinski definition) is 20. The highest BCUT2D eigenvalue weighted by atomic mass is 16.8. The lowest BCUT2D eigenvalue weighted by Crippen LogP contribution is -2.39. The standard InChI is InChI=1S/C18H26N6O5.C16H24N6O4.CH2O2.H2O/c1-18(2)28-13-11(7-23(3)5-4-6-26-10-25)27-17(14(13)29-18)24-9-22-12-15(19)20-8-21-16(12)24;1-10-13(24)11(6-21(2)4-3-5-25-9-23)26-16(10)22-8-20-12-14(17)18-7-19-15(12)22;2-1-3;/h8-11,13-14,17H,4-7H2,1-3H3,(H2,19,20,21);7-11,13,16,24H,3-6H2,1-2H3,(H2,17,18,19);1H,(H,2,3);1H2/t11?,13-,14-,17?;10-,11?,13+,16?;;/m11../s1. The van der Waals surface area contributed by atoms with Crippen LogP contribution >= 0.6 is 0 Å². The summed E-state index contributed by atoms with van der Waals surface area (Å²) in [7, 11) is 3.93. The number of nitrogen functional groups attached to an aromatic ring is 2. The van der Waals surface area contributed by atoms with Gasteiger partial charge in [0.25, 0.3) is 19.4 Å². The number of nitrogens with two attached hydrogens (primary N) is 2. The molecular formula is C35H54N12O12. The van der Waals surface area contributed by atoms with Crippen molar-refractivity contribution in [2.75, 3.05) is 65.0 Å². The molecule has 0 amide bonds. The zero-order valence-electron chi connectivity index (χ0n) is 33.5. The number of nitrogens with zero attached hydrogens (tertiary/aromatic N) is 10. The van der Waals surface area contributed by atoms with Crippen molar-refractivity contribution in [3.63, 3.8) is 0 Å². The van der Waals surface area contributed by atoms with E-state index in [1.807, 2.05) is 44.3 Å². The maximum Gasteiger partial charge on any atom is 0.293 e. The number of likely N-dealkylation sites (N-methyl/N-ethyl adjacent to an activating group) is 2. The Bertz CT molecular complexity index is 1950. The Kier molecular flexibility index (Phi) is 16.7. The molecule has 24 heteroatoms. The Morgan fingerprint density at radius 3 is 1.75 bits per heavy atom. The molecule has 0 aliphatic carbocycles. The fourth-order valence-electron chi connectivity index (χ4n) is 7.23. The quantitative estimate of drug-likeness (QED) is 0.0776. The molecular weight excluding hydrogens is 780 g/mol. The van der Waals surface area contributed by atoms with Crippen molar-refractivity contribution in [3.8, 4) is 0 Å². The molecule has 3 fully saturated rings. The molecule has 326 valence electrons. The van der Waals surface area contributed by atoms with Crippen molar-refractivity contribution < 1.29 is 58.5 Å². The maximum atomic E-state index is 10.6. The first-order valence-corrected chi connectivity index (χ1v) is 18.6. The monoisotopic (exact) mass is 834 g/mol. The second kappa shape index (κ2) is 21.2. The molecule has 3 aliphatic heterocycles. The van der Waals surface area contributed by atoms with Gasteiger partial charge in [-0.05, 0) is 40.8 Å². The topological polar surface area (TPSA) is 324 Å². The van der Waals surface area contributed by atoms with Crippen LogP contribution in [0.3, 0.4) is 0 Å². The van der Waals surface area contributed by atoms with Crippen molar-refractivity contribution in [2.45, 2.75) is 82.4 Å². The third-order valence-electron chi connectivity index (χ3n) is 9.85. The summed E-state index contributed by atoms with van der Waals surface area (Å²) >= 11 is 0. The predicted molar refractivity (Wildman–Crippen MR) is 207 cm³/mol. The number of imidazole rings is 2. The zero-order chi connectivity index (χ0) is 42.0. The number of rotatable bonds is 16. The number of ether oxygens (including phenoxy) is 6. The molecule has 0 radical (unpaired) electrons. The molecule has 3 saturated heterocycles. The molecule has 4 aromatic rings. The van der Waals surface area contributed by atoms with E-state index in [-0.39, 0.29) is 48.5 Å². The van der Waals surface area contributed by atoms with Gasteiger partial charge in [0.15, 0.2) is 34.9 Å². The van der Waals surface area contributed by atoms with E-state index in [4.69, 9.17) is 45.1 Å². The van der Waals surface area contributed by atoms with Crippen LogP contribution in [-0.4, -0.2) is 174 Å². The molecule has 7 heterocycles. The normalized spacial score (nSPS) is 25.4. The molecule has 59 heavy (non-hydrogen) atoms. The van der Waals surface area contributed by atoms with Gasteiger partial charge in [0.2, 0.25) is 0 Å². The van der Waals surface area contributed by atoms with Gasteiger partial charge >= 0.3 is 0 Å². The zero-order valence-corrected chi connectivity index (χ0v) is 33.5. The molecule has 0 aromatic carbocycles. The number of aliphatic hydroxyl groups excluding tert-OH is 1. The van der Waals surface area contributed by atoms with E-state index in [9.17, 15) is 14.7 Å². The number of carbonyl (C=O) groups is 3. The second-order valence-corrected chi connectivity index (χ2v) is 14.5. The molecule has 24 nitrogen and oxygen atoms in total. The number of hydrogen-bond donors (Lipinski definition) is 4. The highest BCUT2D eigenvalue weighted by Crippen LogP contribution is 2.44. The Morgan fingerprint density at radius 2 is 1.24 bits per heavy atom. The molecule has 8 N–H and O–H groups in total.